The fourth-order valence-electron chi connectivity index (χ4n) is 3.25. The predicted octanol–water partition coefficient (Wildman–Crippen LogP) is 3.42. The van der Waals surface area contributed by atoms with Gasteiger partial charge in [0.25, 0.3) is 5.91 Å². The maximum Gasteiger partial charge on any atom is 0.321 e. The van der Waals surface area contributed by atoms with Crippen molar-refractivity contribution in [3.8, 4) is 0 Å². The molecule has 0 spiro atoms. The van der Waals surface area contributed by atoms with Crippen molar-refractivity contribution in [2.75, 3.05) is 0 Å². The largest absolute Gasteiger partial charge is 0.453 e. The van der Waals surface area contributed by atoms with E-state index in [1.54, 1.807) is 0 Å². The lowest BCUT2D eigenvalue weighted by atomic mass is 9.96. The van der Waals surface area contributed by atoms with Gasteiger partial charge in [0, 0.05) is 27.8 Å². The van der Waals surface area contributed by atoms with Crippen LogP contribution in [0.4, 0.5) is 4.79 Å². The average molecular weight is 409 g/mol. The first-order valence-corrected chi connectivity index (χ1v) is 10.5. The highest BCUT2D eigenvalue weighted by atomic mass is 32.1. The second kappa shape index (κ2) is 10.4. The lowest BCUT2D eigenvalue weighted by molar-refractivity contribution is -0.154. The molecular weight excluding hydrogens is 380 g/mol. The molecule has 0 unspecified atom stereocenters. The molecule has 7 nitrogen and oxygen atoms in total. The number of thiophene rings is 1. The number of aryl methyl sites for hydroxylation is 2. The zero-order valence-corrected chi connectivity index (χ0v) is 17.4. The number of ketones is 1. The molecule has 8 heteroatoms. The van der Waals surface area contributed by atoms with Gasteiger partial charge >= 0.3 is 12.0 Å². The number of rotatable bonds is 7. The molecule has 0 aromatic carbocycles. The zero-order valence-electron chi connectivity index (χ0n) is 16.6. The first kappa shape index (κ1) is 22.1. The van der Waals surface area contributed by atoms with E-state index in [0.29, 0.717) is 5.56 Å². The van der Waals surface area contributed by atoms with E-state index < -0.39 is 24.0 Å². The first-order chi connectivity index (χ1) is 13.3. The van der Waals surface area contributed by atoms with Crippen molar-refractivity contribution < 1.29 is 23.9 Å². The molecule has 2 N–H and O–H groups in total. The van der Waals surface area contributed by atoms with Crippen molar-refractivity contribution in [1.82, 2.24) is 10.6 Å². The number of carbonyl (C=O) groups is 4. The van der Waals surface area contributed by atoms with Gasteiger partial charge in [-0.1, -0.05) is 19.3 Å². The summed E-state index contributed by atoms with van der Waals surface area (Å²) in [4.78, 5) is 50.0. The molecule has 3 amide bonds. The van der Waals surface area contributed by atoms with Crippen LogP contribution in [-0.4, -0.2) is 35.8 Å². The fourth-order valence-corrected chi connectivity index (χ4v) is 4.19. The van der Waals surface area contributed by atoms with Gasteiger partial charge in [-0.2, -0.15) is 0 Å². The third-order valence-electron chi connectivity index (χ3n) is 4.75. The Morgan fingerprint density at radius 3 is 2.43 bits per heavy atom. The summed E-state index contributed by atoms with van der Waals surface area (Å²) < 4.78 is 5.04. The number of Topliss-reactive ketones (excluding diaryl/α,β-unsaturated/α-hetero) is 1. The monoisotopic (exact) mass is 408 g/mol. The van der Waals surface area contributed by atoms with E-state index in [4.69, 9.17) is 4.74 Å². The van der Waals surface area contributed by atoms with Crippen LogP contribution in [0.1, 0.15) is 72.0 Å². The summed E-state index contributed by atoms with van der Waals surface area (Å²) in [5.41, 5.74) is 0.625. The van der Waals surface area contributed by atoms with Gasteiger partial charge in [-0.05, 0) is 39.7 Å². The molecule has 28 heavy (non-hydrogen) atoms. The molecule has 1 fully saturated rings. The van der Waals surface area contributed by atoms with Gasteiger partial charge in [0.15, 0.2) is 11.9 Å². The number of ether oxygens (including phenoxy) is 1. The van der Waals surface area contributed by atoms with Crippen LogP contribution in [0.25, 0.3) is 0 Å². The Kier molecular flexibility index (Phi) is 8.17. The molecule has 154 valence electrons. The van der Waals surface area contributed by atoms with Crippen LogP contribution >= 0.6 is 11.3 Å². The Bertz CT molecular complexity index is 737. The van der Waals surface area contributed by atoms with Crippen molar-refractivity contribution in [1.29, 1.82) is 0 Å². The molecule has 1 aliphatic rings. The van der Waals surface area contributed by atoms with Crippen LogP contribution < -0.4 is 10.6 Å². The highest BCUT2D eigenvalue weighted by Gasteiger charge is 2.23. The Labute approximate surface area is 169 Å². The molecule has 0 saturated heterocycles. The van der Waals surface area contributed by atoms with Crippen LogP contribution in [0, 0.1) is 13.8 Å². The number of amides is 3. The number of carbonyl (C=O) groups excluding carboxylic acids is 4. The van der Waals surface area contributed by atoms with E-state index in [1.165, 1.54) is 24.7 Å². The summed E-state index contributed by atoms with van der Waals surface area (Å²) in [7, 11) is 0. The van der Waals surface area contributed by atoms with Crippen molar-refractivity contribution in [3.63, 3.8) is 0 Å². The van der Waals surface area contributed by atoms with Crippen molar-refractivity contribution in [3.05, 3.63) is 21.4 Å². The lowest BCUT2D eigenvalue weighted by Gasteiger charge is -2.23. The highest BCUT2D eigenvalue weighted by molar-refractivity contribution is 7.12. The van der Waals surface area contributed by atoms with Crippen molar-refractivity contribution in [2.45, 2.75) is 77.9 Å². The van der Waals surface area contributed by atoms with Crippen LogP contribution in [0.3, 0.4) is 0 Å². The number of hydrogen-bond acceptors (Lipinski definition) is 6. The minimum Gasteiger partial charge on any atom is -0.453 e. The number of urea groups is 1. The Hall–Kier alpha value is -2.22. The van der Waals surface area contributed by atoms with Gasteiger partial charge in [-0.3, -0.25) is 19.7 Å². The Morgan fingerprint density at radius 2 is 1.82 bits per heavy atom. The smallest absolute Gasteiger partial charge is 0.321 e. The van der Waals surface area contributed by atoms with E-state index in [0.717, 1.165) is 35.4 Å². The Morgan fingerprint density at radius 1 is 1.14 bits per heavy atom. The van der Waals surface area contributed by atoms with Crippen LogP contribution in [0.2, 0.25) is 0 Å². The summed E-state index contributed by atoms with van der Waals surface area (Å²) in [6.45, 7) is 5.19. The van der Waals surface area contributed by atoms with Crippen LogP contribution in [0.5, 0.6) is 0 Å². The SMILES string of the molecule is Cc1cc(C(=O)CCC(=O)O[C@H](C)C(=O)NC(=O)NC2CCCCC2)c(C)s1. The molecule has 0 radical (unpaired) electrons. The molecule has 0 aliphatic heterocycles. The van der Waals surface area contributed by atoms with E-state index in [2.05, 4.69) is 10.6 Å². The fraction of sp³-hybridized carbons (Fsp3) is 0.600. The maximum absolute atomic E-state index is 12.2. The minimum atomic E-state index is -1.11. The van der Waals surface area contributed by atoms with Gasteiger partial charge in [0.1, 0.15) is 0 Å². The number of nitrogens with one attached hydrogen (secondary N) is 2. The van der Waals surface area contributed by atoms with Gasteiger partial charge in [-0.25, -0.2) is 4.79 Å². The van der Waals surface area contributed by atoms with Crippen LogP contribution in [-0.2, 0) is 14.3 Å². The van der Waals surface area contributed by atoms with Gasteiger partial charge in [0.05, 0.1) is 6.42 Å². The van der Waals surface area contributed by atoms with Gasteiger partial charge in [0.2, 0.25) is 0 Å². The normalized spacial score (nSPS) is 15.5. The molecule has 2 rings (SSSR count). The molecule has 1 aromatic rings. The number of imide groups is 1. The Balaban J connectivity index is 1.71. The standard InChI is InChI=1S/C20H28N2O5S/c1-12-11-16(14(3)28-12)17(23)9-10-18(24)27-13(2)19(25)22-20(26)21-15-7-5-4-6-8-15/h11,13,15H,4-10H2,1-3H3,(H2,21,22,25,26)/t13-/m1/s1. The summed E-state index contributed by atoms with van der Waals surface area (Å²) in [5, 5.41) is 4.97. The van der Waals surface area contributed by atoms with Gasteiger partial charge in [-0.15, -0.1) is 11.3 Å². The first-order valence-electron chi connectivity index (χ1n) is 9.67. The quantitative estimate of drug-likeness (QED) is 0.532. The molecular formula is C20H28N2O5S. The maximum atomic E-state index is 12.2. The molecule has 1 aromatic heterocycles. The average Bonchev–Trinajstić information content (AvgIpc) is 2.98. The highest BCUT2D eigenvalue weighted by Crippen LogP contribution is 2.22. The van der Waals surface area contributed by atoms with E-state index >= 15 is 0 Å². The third-order valence-corrected chi connectivity index (χ3v) is 5.72. The van der Waals surface area contributed by atoms with E-state index in [1.807, 2.05) is 19.9 Å². The number of hydrogen-bond donors (Lipinski definition) is 2. The summed E-state index contributed by atoms with van der Waals surface area (Å²) in [6, 6.07) is 1.32. The lowest BCUT2D eigenvalue weighted by Crippen LogP contribution is -2.48. The minimum absolute atomic E-state index is 0.0202. The van der Waals surface area contributed by atoms with Crippen LogP contribution in [0.15, 0.2) is 6.07 Å². The third kappa shape index (κ3) is 6.74. The predicted molar refractivity (Wildman–Crippen MR) is 106 cm³/mol. The van der Waals surface area contributed by atoms with E-state index in [-0.39, 0.29) is 24.7 Å². The molecule has 1 saturated carbocycles. The summed E-state index contributed by atoms with van der Waals surface area (Å²) in [5.74, 6) is -1.45. The van der Waals surface area contributed by atoms with Crippen molar-refractivity contribution in [2.24, 2.45) is 0 Å². The van der Waals surface area contributed by atoms with E-state index in [9.17, 15) is 19.2 Å². The van der Waals surface area contributed by atoms with Crippen molar-refractivity contribution >= 4 is 35.0 Å². The number of esters is 1. The second-order valence-corrected chi connectivity index (χ2v) is 8.64. The topological polar surface area (TPSA) is 102 Å². The molecule has 1 aliphatic carbocycles. The zero-order chi connectivity index (χ0) is 20.7. The molecule has 0 bridgehead atoms. The molecule has 1 heterocycles. The summed E-state index contributed by atoms with van der Waals surface area (Å²) >= 11 is 1.54. The summed E-state index contributed by atoms with van der Waals surface area (Å²) in [6.07, 6.45) is 3.91. The van der Waals surface area contributed by atoms with Gasteiger partial charge < -0.3 is 10.1 Å². The molecule has 1 atom stereocenters. The second-order valence-electron chi connectivity index (χ2n) is 7.18.